The average Bonchev–Trinajstić information content (AvgIpc) is 2.94. The van der Waals surface area contributed by atoms with E-state index in [1.54, 1.807) is 0 Å². The molecule has 0 saturated heterocycles. The lowest BCUT2D eigenvalue weighted by Gasteiger charge is -2.13. The molecule has 0 fully saturated rings. The number of aryl methyl sites for hydroxylation is 3. The number of rotatable bonds is 2. The van der Waals surface area contributed by atoms with Crippen LogP contribution in [0.1, 0.15) is 44.0 Å². The molecule has 0 aliphatic heterocycles. The van der Waals surface area contributed by atoms with Gasteiger partial charge in [-0.15, -0.1) is 11.3 Å². The number of nitrogens with one attached hydrogen (secondary N) is 1. The highest BCUT2D eigenvalue weighted by molar-refractivity contribution is 7.13. The van der Waals surface area contributed by atoms with E-state index in [2.05, 4.69) is 28.5 Å². The minimum atomic E-state index is 0.00445. The van der Waals surface area contributed by atoms with E-state index < -0.39 is 0 Å². The monoisotopic (exact) mass is 272 g/mol. The van der Waals surface area contributed by atoms with E-state index >= 15 is 0 Å². The summed E-state index contributed by atoms with van der Waals surface area (Å²) in [5.74, 6) is 0.00445. The van der Waals surface area contributed by atoms with Gasteiger partial charge in [0.1, 0.15) is 4.88 Å². The molecule has 1 aromatic heterocycles. The third kappa shape index (κ3) is 2.28. The first kappa shape index (κ1) is 12.4. The number of fused-ring (bicyclic) bond motifs is 1. The van der Waals surface area contributed by atoms with Crippen LogP contribution in [0, 0.1) is 13.8 Å². The van der Waals surface area contributed by atoms with Crippen LogP contribution in [0.2, 0.25) is 0 Å². The van der Waals surface area contributed by atoms with E-state index in [0.29, 0.717) is 0 Å². The largest absolute Gasteiger partial charge is 0.344 e. The molecule has 4 heteroatoms. The molecule has 0 bridgehead atoms. The van der Waals surface area contributed by atoms with Crippen LogP contribution in [0.5, 0.6) is 0 Å². The molecule has 1 aromatic carbocycles. The number of thiazole rings is 1. The van der Waals surface area contributed by atoms with Gasteiger partial charge in [0.25, 0.3) is 5.91 Å². The molecule has 2 aromatic rings. The Morgan fingerprint density at radius 1 is 1.37 bits per heavy atom. The Balaban J connectivity index is 1.80. The minimum Gasteiger partial charge on any atom is -0.344 e. The van der Waals surface area contributed by atoms with Crippen molar-refractivity contribution in [1.82, 2.24) is 10.3 Å². The average molecular weight is 272 g/mol. The fourth-order valence-electron chi connectivity index (χ4n) is 2.67. The third-order valence-electron chi connectivity index (χ3n) is 3.55. The quantitative estimate of drug-likeness (QED) is 0.912. The summed E-state index contributed by atoms with van der Waals surface area (Å²) < 4.78 is 0. The Kier molecular flexibility index (Phi) is 3.11. The van der Waals surface area contributed by atoms with E-state index in [1.165, 1.54) is 22.5 Å². The summed E-state index contributed by atoms with van der Waals surface area (Å²) >= 11 is 1.46. The maximum absolute atomic E-state index is 12.3. The molecule has 1 N–H and O–H groups in total. The molecule has 0 spiro atoms. The minimum absolute atomic E-state index is 0.00445. The smallest absolute Gasteiger partial charge is 0.263 e. The second kappa shape index (κ2) is 4.78. The van der Waals surface area contributed by atoms with Gasteiger partial charge in [-0.3, -0.25) is 4.79 Å². The molecule has 98 valence electrons. The van der Waals surface area contributed by atoms with E-state index in [4.69, 9.17) is 0 Å². The highest BCUT2D eigenvalue weighted by Gasteiger charge is 2.25. The Labute approximate surface area is 116 Å². The molecule has 3 rings (SSSR count). The Morgan fingerprint density at radius 3 is 2.89 bits per heavy atom. The summed E-state index contributed by atoms with van der Waals surface area (Å²) in [6.45, 7) is 3.82. The van der Waals surface area contributed by atoms with Gasteiger partial charge >= 0.3 is 0 Å². The van der Waals surface area contributed by atoms with Crippen molar-refractivity contribution in [2.45, 2.75) is 32.7 Å². The van der Waals surface area contributed by atoms with Gasteiger partial charge in [0.15, 0.2) is 0 Å². The van der Waals surface area contributed by atoms with Crippen molar-refractivity contribution in [2.75, 3.05) is 0 Å². The molecular formula is C15H16N2OS. The van der Waals surface area contributed by atoms with Crippen molar-refractivity contribution in [3.05, 3.63) is 51.0 Å². The number of hydrogen-bond acceptors (Lipinski definition) is 3. The predicted octanol–water partition coefficient (Wildman–Crippen LogP) is 3.18. The molecule has 1 aliphatic rings. The van der Waals surface area contributed by atoms with Crippen LogP contribution in [0.3, 0.4) is 0 Å². The van der Waals surface area contributed by atoms with Gasteiger partial charge in [0, 0.05) is 0 Å². The summed E-state index contributed by atoms with van der Waals surface area (Å²) in [6, 6.07) is 8.48. The van der Waals surface area contributed by atoms with Gasteiger partial charge in [-0.05, 0) is 37.8 Å². The summed E-state index contributed by atoms with van der Waals surface area (Å²) in [5, 5.41) is 4.08. The van der Waals surface area contributed by atoms with Gasteiger partial charge in [-0.2, -0.15) is 0 Å². The van der Waals surface area contributed by atoms with Crippen LogP contribution in [0.4, 0.5) is 0 Å². The van der Waals surface area contributed by atoms with Crippen LogP contribution in [-0.2, 0) is 6.42 Å². The number of carbonyl (C=O) groups is 1. The first-order chi connectivity index (χ1) is 9.15. The molecule has 1 atom stereocenters. The highest BCUT2D eigenvalue weighted by atomic mass is 32.1. The molecular weight excluding hydrogens is 256 g/mol. The van der Waals surface area contributed by atoms with Gasteiger partial charge in [0.05, 0.1) is 16.7 Å². The summed E-state index contributed by atoms with van der Waals surface area (Å²) in [5.41, 5.74) is 3.44. The van der Waals surface area contributed by atoms with Gasteiger partial charge < -0.3 is 5.32 Å². The molecule has 0 saturated carbocycles. The summed E-state index contributed by atoms with van der Waals surface area (Å²) in [6.07, 6.45) is 2.03. The Hall–Kier alpha value is -1.68. The lowest BCUT2D eigenvalue weighted by molar-refractivity contribution is 0.0940. The van der Waals surface area contributed by atoms with Crippen molar-refractivity contribution in [3.63, 3.8) is 0 Å². The first-order valence-corrected chi connectivity index (χ1v) is 7.29. The van der Waals surface area contributed by atoms with E-state index in [1.807, 2.05) is 19.9 Å². The molecule has 0 unspecified atom stereocenters. The number of nitrogens with zero attached hydrogens (tertiary/aromatic N) is 1. The zero-order valence-electron chi connectivity index (χ0n) is 11.1. The molecule has 0 radical (unpaired) electrons. The molecule has 1 aliphatic carbocycles. The molecule has 1 amide bonds. The standard InChI is InChI=1S/C15H16N2OS/c1-9-14(19-10(2)16-9)15(18)17-13-8-7-11-5-3-4-6-12(11)13/h3-6,13H,7-8H2,1-2H3,(H,17,18)/t13-/m0/s1. The van der Waals surface area contributed by atoms with Crippen molar-refractivity contribution >= 4 is 17.2 Å². The second-order valence-electron chi connectivity index (χ2n) is 4.91. The third-order valence-corrected chi connectivity index (χ3v) is 4.62. The topological polar surface area (TPSA) is 42.0 Å². The molecule has 3 nitrogen and oxygen atoms in total. The van der Waals surface area contributed by atoms with Crippen molar-refractivity contribution in [2.24, 2.45) is 0 Å². The number of amides is 1. The number of aromatic nitrogens is 1. The molecule has 1 heterocycles. The van der Waals surface area contributed by atoms with Gasteiger partial charge in [0.2, 0.25) is 0 Å². The Morgan fingerprint density at radius 2 is 2.16 bits per heavy atom. The van der Waals surface area contributed by atoms with Gasteiger partial charge in [-0.25, -0.2) is 4.98 Å². The maximum Gasteiger partial charge on any atom is 0.263 e. The normalized spacial score (nSPS) is 17.3. The van der Waals surface area contributed by atoms with Crippen molar-refractivity contribution < 1.29 is 4.79 Å². The summed E-state index contributed by atoms with van der Waals surface area (Å²) in [7, 11) is 0. The van der Waals surface area contributed by atoms with Gasteiger partial charge in [-0.1, -0.05) is 24.3 Å². The molecule has 19 heavy (non-hydrogen) atoms. The van der Waals surface area contributed by atoms with E-state index in [0.717, 1.165) is 28.4 Å². The van der Waals surface area contributed by atoms with E-state index in [9.17, 15) is 4.79 Å². The Bertz CT molecular complexity index is 633. The number of hydrogen-bond donors (Lipinski definition) is 1. The second-order valence-corrected chi connectivity index (χ2v) is 6.11. The fourth-order valence-corrected chi connectivity index (χ4v) is 3.50. The van der Waals surface area contributed by atoms with Crippen molar-refractivity contribution in [1.29, 1.82) is 0 Å². The van der Waals surface area contributed by atoms with Crippen LogP contribution in [0.15, 0.2) is 24.3 Å². The van der Waals surface area contributed by atoms with Crippen LogP contribution in [0.25, 0.3) is 0 Å². The zero-order valence-corrected chi connectivity index (χ0v) is 11.9. The lowest BCUT2D eigenvalue weighted by atomic mass is 10.1. The SMILES string of the molecule is Cc1nc(C)c(C(=O)N[C@H]2CCc3ccccc32)s1. The first-order valence-electron chi connectivity index (χ1n) is 6.48. The summed E-state index contributed by atoms with van der Waals surface area (Å²) in [4.78, 5) is 17.4. The van der Waals surface area contributed by atoms with Crippen molar-refractivity contribution in [3.8, 4) is 0 Å². The number of benzene rings is 1. The van der Waals surface area contributed by atoms with Crippen LogP contribution < -0.4 is 5.32 Å². The maximum atomic E-state index is 12.3. The van der Waals surface area contributed by atoms with Crippen LogP contribution in [-0.4, -0.2) is 10.9 Å². The van der Waals surface area contributed by atoms with E-state index in [-0.39, 0.29) is 11.9 Å². The fraction of sp³-hybridized carbons (Fsp3) is 0.333. The predicted molar refractivity (Wildman–Crippen MR) is 76.6 cm³/mol. The number of carbonyl (C=O) groups excluding carboxylic acids is 1. The lowest BCUT2D eigenvalue weighted by Crippen LogP contribution is -2.26. The zero-order chi connectivity index (χ0) is 13.4. The van der Waals surface area contributed by atoms with Crippen LogP contribution >= 0.6 is 11.3 Å². The highest BCUT2D eigenvalue weighted by Crippen LogP contribution is 2.31.